The molecule has 8 nitrogen and oxygen atoms in total. The van der Waals surface area contributed by atoms with E-state index in [0.29, 0.717) is 15.8 Å². The molecule has 0 aliphatic carbocycles. The Morgan fingerprint density at radius 3 is 2.38 bits per heavy atom. The molecule has 0 bridgehead atoms. The standard InChI is InChI=1S/C16H11BrClNO7/c1-10-9-11-3-2-4-14(17)15(11)16(25-10,26-18(20,21)22)12-5-7-13(8-6-12)19(23)24/h2-9H,1H3. The Hall–Kier alpha value is -2.01. The van der Waals surface area contributed by atoms with Gasteiger partial charge in [0.05, 0.1) is 26.5 Å². The molecule has 0 saturated carbocycles. The van der Waals surface area contributed by atoms with Gasteiger partial charge in [-0.15, -0.1) is 0 Å². The third-order valence-corrected chi connectivity index (χ3v) is 4.77. The average Bonchev–Trinajstić information content (AvgIpc) is 2.52. The number of nitro groups is 1. The molecule has 1 unspecified atom stereocenters. The molecule has 0 amide bonds. The van der Waals surface area contributed by atoms with Gasteiger partial charge in [-0.25, -0.2) is 0 Å². The number of non-ortho nitro benzene ring substituents is 1. The third kappa shape index (κ3) is 3.45. The molecule has 0 spiro atoms. The van der Waals surface area contributed by atoms with Crippen LogP contribution in [0.1, 0.15) is 23.6 Å². The highest BCUT2D eigenvalue weighted by Gasteiger charge is 2.56. The maximum absolute atomic E-state index is 11.5. The van der Waals surface area contributed by atoms with Crippen molar-refractivity contribution in [3.05, 3.63) is 79.5 Å². The number of fused-ring (bicyclic) bond motifs is 1. The summed E-state index contributed by atoms with van der Waals surface area (Å²) in [6.07, 6.45) is 1.65. The molecule has 3 rings (SSSR count). The van der Waals surface area contributed by atoms with Gasteiger partial charge in [0.1, 0.15) is 4.29 Å². The summed E-state index contributed by atoms with van der Waals surface area (Å²) in [6.45, 7) is 1.57. The monoisotopic (exact) mass is 443 g/mol. The summed E-state index contributed by atoms with van der Waals surface area (Å²) in [6, 6.07) is 9.95. The lowest BCUT2D eigenvalue weighted by Gasteiger charge is -2.34. The van der Waals surface area contributed by atoms with E-state index >= 15 is 0 Å². The van der Waals surface area contributed by atoms with E-state index in [-0.39, 0.29) is 16.8 Å². The molecular formula is C16H11BrClNO7. The van der Waals surface area contributed by atoms with Gasteiger partial charge >= 0.3 is 5.79 Å². The van der Waals surface area contributed by atoms with Gasteiger partial charge in [0, 0.05) is 22.2 Å². The number of benzene rings is 2. The van der Waals surface area contributed by atoms with E-state index in [1.54, 1.807) is 31.2 Å². The van der Waals surface area contributed by atoms with Crippen LogP contribution in [0.5, 0.6) is 0 Å². The number of ether oxygens (including phenoxy) is 1. The second-order valence-electron chi connectivity index (χ2n) is 5.44. The quantitative estimate of drug-likeness (QED) is 0.505. The van der Waals surface area contributed by atoms with Gasteiger partial charge < -0.3 is 4.74 Å². The molecule has 1 aliphatic heterocycles. The van der Waals surface area contributed by atoms with Crippen molar-refractivity contribution in [2.75, 3.05) is 0 Å². The summed E-state index contributed by atoms with van der Waals surface area (Å²) in [7, 11) is -4.89. The van der Waals surface area contributed by atoms with E-state index in [4.69, 9.17) is 9.03 Å². The molecular weight excluding hydrogens is 434 g/mol. The van der Waals surface area contributed by atoms with Crippen molar-refractivity contribution in [3.8, 4) is 0 Å². The summed E-state index contributed by atoms with van der Waals surface area (Å²) in [5.74, 6) is -1.82. The summed E-state index contributed by atoms with van der Waals surface area (Å²) < 4.78 is 45.4. The van der Waals surface area contributed by atoms with Gasteiger partial charge in [-0.1, -0.05) is 28.1 Å². The van der Waals surface area contributed by atoms with Gasteiger partial charge in [-0.3, -0.25) is 10.1 Å². The van der Waals surface area contributed by atoms with Crippen LogP contribution < -0.4 is 14.0 Å². The minimum atomic E-state index is -4.89. The first-order valence-electron chi connectivity index (χ1n) is 7.15. The maximum atomic E-state index is 11.5. The fourth-order valence-corrected chi connectivity index (χ4v) is 3.88. The van der Waals surface area contributed by atoms with Gasteiger partial charge in [-0.2, -0.15) is 14.0 Å². The highest BCUT2D eigenvalue weighted by molar-refractivity contribution is 9.10. The molecule has 1 heterocycles. The topological polar surface area (TPSA) is 131 Å². The van der Waals surface area contributed by atoms with Crippen molar-refractivity contribution < 1.29 is 38.2 Å². The lowest BCUT2D eigenvalue weighted by molar-refractivity contribution is -1.92. The molecule has 0 fully saturated rings. The number of nitro benzene ring substituents is 1. The Labute approximate surface area is 158 Å². The largest absolute Gasteiger partial charge is 0.447 e. The van der Waals surface area contributed by atoms with Crippen LogP contribution in [0.2, 0.25) is 0 Å². The van der Waals surface area contributed by atoms with Gasteiger partial charge in [0.2, 0.25) is 0 Å². The fourth-order valence-electron chi connectivity index (χ4n) is 2.77. The molecule has 0 radical (unpaired) electrons. The van der Waals surface area contributed by atoms with Crippen LogP contribution in [-0.4, -0.2) is 4.92 Å². The van der Waals surface area contributed by atoms with Crippen LogP contribution in [0, 0.1) is 20.4 Å². The summed E-state index contributed by atoms with van der Waals surface area (Å²) in [5.41, 5.74) is 0.726. The Kier molecular flexibility index (Phi) is 4.78. The predicted molar refractivity (Wildman–Crippen MR) is 83.8 cm³/mol. The molecule has 1 aliphatic rings. The SMILES string of the molecule is CC1=Cc2cccc(Br)c2C(O[Cl+3]([O-])([O-])[O-])(c2ccc([N+](=O)[O-])cc2)O1. The van der Waals surface area contributed by atoms with Crippen molar-refractivity contribution in [1.82, 2.24) is 0 Å². The minimum absolute atomic E-state index is 0.107. The first kappa shape index (κ1) is 18.8. The van der Waals surface area contributed by atoms with Crippen LogP contribution in [0.4, 0.5) is 5.69 Å². The van der Waals surface area contributed by atoms with Crippen molar-refractivity contribution in [2.45, 2.75) is 12.7 Å². The van der Waals surface area contributed by atoms with Gasteiger partial charge in [0.25, 0.3) is 5.69 Å². The van der Waals surface area contributed by atoms with E-state index in [1.165, 1.54) is 24.3 Å². The zero-order valence-corrected chi connectivity index (χ0v) is 15.5. The summed E-state index contributed by atoms with van der Waals surface area (Å²) in [5, 5.41) is 10.9. The lowest BCUT2D eigenvalue weighted by Crippen LogP contribution is -2.64. The van der Waals surface area contributed by atoms with Crippen molar-refractivity contribution >= 4 is 27.7 Å². The van der Waals surface area contributed by atoms with Crippen LogP contribution in [-0.2, 0) is 14.8 Å². The number of hydrogen-bond donors (Lipinski definition) is 0. The van der Waals surface area contributed by atoms with E-state index < -0.39 is 21.0 Å². The molecule has 0 aromatic heterocycles. The van der Waals surface area contributed by atoms with Crippen molar-refractivity contribution in [3.63, 3.8) is 0 Å². The molecule has 0 N–H and O–H groups in total. The highest BCUT2D eigenvalue weighted by atomic mass is 79.9. The van der Waals surface area contributed by atoms with Crippen LogP contribution in [0.15, 0.2) is 52.7 Å². The van der Waals surface area contributed by atoms with E-state index in [2.05, 4.69) is 15.9 Å². The summed E-state index contributed by atoms with van der Waals surface area (Å²) in [4.78, 5) is 10.3. The molecule has 10 heteroatoms. The number of rotatable bonds is 4. The van der Waals surface area contributed by atoms with E-state index in [0.717, 1.165) is 0 Å². The fraction of sp³-hybridized carbons (Fsp3) is 0.125. The van der Waals surface area contributed by atoms with E-state index in [1.807, 2.05) is 0 Å². The highest BCUT2D eigenvalue weighted by Crippen LogP contribution is 2.47. The van der Waals surface area contributed by atoms with Gasteiger partial charge in [0.15, 0.2) is 0 Å². The van der Waals surface area contributed by atoms with Crippen molar-refractivity contribution in [1.29, 1.82) is 0 Å². The Bertz CT molecular complexity index is 894. The summed E-state index contributed by atoms with van der Waals surface area (Å²) >= 11 is 3.32. The number of allylic oxidation sites excluding steroid dienone is 1. The van der Waals surface area contributed by atoms with Crippen LogP contribution in [0.25, 0.3) is 6.08 Å². The van der Waals surface area contributed by atoms with Crippen LogP contribution in [0.3, 0.4) is 0 Å². The average molecular weight is 445 g/mol. The first-order chi connectivity index (χ1) is 12.1. The number of hydrogen-bond acceptors (Lipinski definition) is 7. The molecule has 0 saturated heterocycles. The molecule has 26 heavy (non-hydrogen) atoms. The van der Waals surface area contributed by atoms with Crippen molar-refractivity contribution in [2.24, 2.45) is 0 Å². The smallest absolute Gasteiger partial charge is 0.416 e. The van der Waals surface area contributed by atoms with E-state index in [9.17, 15) is 24.1 Å². The molecule has 2 aromatic rings. The van der Waals surface area contributed by atoms with Crippen LogP contribution >= 0.6 is 15.9 Å². The third-order valence-electron chi connectivity index (χ3n) is 3.70. The first-order valence-corrected chi connectivity index (χ1v) is 9.18. The maximum Gasteiger partial charge on any atom is 0.416 e. The lowest BCUT2D eigenvalue weighted by atomic mass is 9.91. The molecule has 1 atom stereocenters. The molecule has 136 valence electrons. The Morgan fingerprint density at radius 2 is 1.81 bits per heavy atom. The Balaban J connectivity index is 2.27. The second-order valence-corrected chi connectivity index (χ2v) is 7.20. The molecule has 2 aromatic carbocycles. The zero-order chi connectivity index (χ0) is 19.1. The van der Waals surface area contributed by atoms with Gasteiger partial charge in [-0.05, 0) is 36.8 Å². The number of nitrogens with zero attached hydrogens (tertiary/aromatic N) is 1. The number of halogens is 2. The predicted octanol–water partition coefficient (Wildman–Crippen LogP) is 0.863. The zero-order valence-electron chi connectivity index (χ0n) is 13.2. The second kappa shape index (κ2) is 6.62. The Morgan fingerprint density at radius 1 is 1.15 bits per heavy atom. The normalized spacial score (nSPS) is 19.3. The minimum Gasteiger partial charge on any atom is -0.447 e.